The Hall–Kier alpha value is -1.81. The summed E-state index contributed by atoms with van der Waals surface area (Å²) in [5.41, 5.74) is 10.2. The lowest BCUT2D eigenvalue weighted by Crippen LogP contribution is -2.23. The summed E-state index contributed by atoms with van der Waals surface area (Å²) in [5, 5.41) is 3.34. The number of hydrogen-bond acceptors (Lipinski definition) is 3. The first-order chi connectivity index (χ1) is 8.31. The van der Waals surface area contributed by atoms with Gasteiger partial charge in [0.1, 0.15) is 5.82 Å². The summed E-state index contributed by atoms with van der Waals surface area (Å²) in [6.07, 6.45) is 1.86. The highest BCUT2D eigenvalue weighted by molar-refractivity contribution is 5.40. The van der Waals surface area contributed by atoms with Crippen LogP contribution in [0.1, 0.15) is 22.8 Å². The van der Waals surface area contributed by atoms with E-state index in [4.69, 9.17) is 5.73 Å². The smallest absolute Gasteiger partial charge is 0.111 e. The van der Waals surface area contributed by atoms with Gasteiger partial charge in [-0.25, -0.2) is 4.98 Å². The molecule has 4 N–H and O–H groups in total. The van der Waals surface area contributed by atoms with Crippen LogP contribution in [0.5, 0.6) is 0 Å². The Morgan fingerprint density at radius 2 is 2.06 bits per heavy atom. The van der Waals surface area contributed by atoms with Gasteiger partial charge in [-0.1, -0.05) is 12.1 Å². The predicted octanol–water partition coefficient (Wildman–Crippen LogP) is 1.23. The van der Waals surface area contributed by atoms with Crippen molar-refractivity contribution >= 4 is 5.69 Å². The minimum Gasteiger partial charge on any atom is -0.399 e. The first-order valence-electron chi connectivity index (χ1n) is 5.93. The third-order valence-corrected chi connectivity index (χ3v) is 3.11. The molecule has 0 amide bonds. The van der Waals surface area contributed by atoms with E-state index < -0.39 is 0 Å². The molecule has 0 saturated heterocycles. The maximum absolute atomic E-state index is 5.67. The van der Waals surface area contributed by atoms with E-state index in [-0.39, 0.29) is 0 Å². The molecule has 2 aromatic rings. The summed E-state index contributed by atoms with van der Waals surface area (Å²) in [6.45, 7) is 1.93. The topological polar surface area (TPSA) is 66.7 Å². The number of H-pyrrole nitrogens is 1. The predicted molar refractivity (Wildman–Crippen MR) is 67.7 cm³/mol. The van der Waals surface area contributed by atoms with E-state index in [0.717, 1.165) is 37.4 Å². The Labute approximate surface area is 100 Å². The minimum atomic E-state index is 0.802. The summed E-state index contributed by atoms with van der Waals surface area (Å²) in [4.78, 5) is 8.03. The molecule has 2 heterocycles. The first kappa shape index (κ1) is 10.4. The van der Waals surface area contributed by atoms with Gasteiger partial charge in [-0.05, 0) is 17.7 Å². The number of nitrogens with zero attached hydrogens (tertiary/aromatic N) is 1. The van der Waals surface area contributed by atoms with E-state index in [0.29, 0.717) is 0 Å². The van der Waals surface area contributed by atoms with E-state index in [1.54, 1.807) is 0 Å². The molecule has 0 unspecified atom stereocenters. The number of benzene rings is 1. The molecule has 88 valence electrons. The van der Waals surface area contributed by atoms with Crippen LogP contribution in [-0.4, -0.2) is 16.5 Å². The standard InChI is InChI=1S/C13H16N4/c14-10-3-1-9(2-4-10)7-13-16-11-5-6-15-8-12(11)17-13/h1-4,15H,5-8,14H2,(H,16,17). The second-order valence-corrected chi connectivity index (χ2v) is 4.45. The van der Waals surface area contributed by atoms with E-state index in [9.17, 15) is 0 Å². The molecule has 0 spiro atoms. The third kappa shape index (κ3) is 2.17. The molecule has 1 aliphatic heterocycles. The maximum atomic E-state index is 5.67. The summed E-state index contributed by atoms with van der Waals surface area (Å²) in [6, 6.07) is 7.96. The average Bonchev–Trinajstić information content (AvgIpc) is 2.74. The number of nitrogens with two attached hydrogens (primary N) is 1. The molecule has 0 atom stereocenters. The molecule has 1 aliphatic rings. The molecule has 0 fully saturated rings. The van der Waals surface area contributed by atoms with Crippen LogP contribution < -0.4 is 11.1 Å². The summed E-state index contributed by atoms with van der Waals surface area (Å²) < 4.78 is 0. The largest absolute Gasteiger partial charge is 0.399 e. The van der Waals surface area contributed by atoms with Crippen LogP contribution in [0, 0.1) is 0 Å². The van der Waals surface area contributed by atoms with Crippen molar-refractivity contribution in [3.63, 3.8) is 0 Å². The van der Waals surface area contributed by atoms with Gasteiger partial charge in [0, 0.05) is 31.6 Å². The SMILES string of the molecule is Nc1ccc(Cc2nc3c([nH]2)CNCC3)cc1. The molecule has 4 nitrogen and oxygen atoms in total. The Morgan fingerprint density at radius 3 is 2.82 bits per heavy atom. The highest BCUT2D eigenvalue weighted by Crippen LogP contribution is 2.14. The van der Waals surface area contributed by atoms with Gasteiger partial charge in [-0.2, -0.15) is 0 Å². The summed E-state index contributed by atoms with van der Waals surface area (Å²) in [5.74, 6) is 1.04. The van der Waals surface area contributed by atoms with Gasteiger partial charge in [-0.15, -0.1) is 0 Å². The molecule has 0 bridgehead atoms. The highest BCUT2D eigenvalue weighted by Gasteiger charge is 2.13. The van der Waals surface area contributed by atoms with Gasteiger partial charge >= 0.3 is 0 Å². The van der Waals surface area contributed by atoms with Crippen molar-refractivity contribution < 1.29 is 0 Å². The van der Waals surface area contributed by atoms with Gasteiger partial charge in [0.25, 0.3) is 0 Å². The summed E-state index contributed by atoms with van der Waals surface area (Å²) in [7, 11) is 0. The van der Waals surface area contributed by atoms with E-state index >= 15 is 0 Å². The fourth-order valence-electron chi connectivity index (χ4n) is 2.19. The van der Waals surface area contributed by atoms with Crippen molar-refractivity contribution in [2.75, 3.05) is 12.3 Å². The van der Waals surface area contributed by atoms with Crippen molar-refractivity contribution in [2.24, 2.45) is 0 Å². The lowest BCUT2D eigenvalue weighted by atomic mass is 10.1. The number of fused-ring (bicyclic) bond motifs is 1. The number of rotatable bonds is 2. The van der Waals surface area contributed by atoms with Gasteiger partial charge in [0.05, 0.1) is 11.4 Å². The van der Waals surface area contributed by atoms with E-state index in [1.807, 2.05) is 12.1 Å². The van der Waals surface area contributed by atoms with Gasteiger partial charge in [0.2, 0.25) is 0 Å². The van der Waals surface area contributed by atoms with Gasteiger partial charge in [0.15, 0.2) is 0 Å². The van der Waals surface area contributed by atoms with Crippen LogP contribution in [0.4, 0.5) is 5.69 Å². The van der Waals surface area contributed by atoms with Crippen molar-refractivity contribution in [3.05, 3.63) is 47.0 Å². The second-order valence-electron chi connectivity index (χ2n) is 4.45. The normalized spacial score (nSPS) is 14.6. The van der Waals surface area contributed by atoms with Crippen LogP contribution in [0.15, 0.2) is 24.3 Å². The molecule has 0 aliphatic carbocycles. The van der Waals surface area contributed by atoms with Crippen LogP contribution in [0.2, 0.25) is 0 Å². The fourth-order valence-corrected chi connectivity index (χ4v) is 2.19. The number of nitrogen functional groups attached to an aromatic ring is 1. The zero-order chi connectivity index (χ0) is 11.7. The van der Waals surface area contributed by atoms with E-state index in [2.05, 4.69) is 27.4 Å². The molecule has 3 rings (SSSR count). The van der Waals surface area contributed by atoms with Gasteiger partial charge < -0.3 is 16.0 Å². The quantitative estimate of drug-likeness (QED) is 0.677. The number of nitrogens with one attached hydrogen (secondary N) is 2. The molecule has 4 heteroatoms. The van der Waals surface area contributed by atoms with Crippen LogP contribution in [0.25, 0.3) is 0 Å². The Balaban J connectivity index is 1.80. The van der Waals surface area contributed by atoms with Crippen molar-refractivity contribution in [1.29, 1.82) is 0 Å². The van der Waals surface area contributed by atoms with E-state index in [1.165, 1.54) is 17.0 Å². The fraction of sp³-hybridized carbons (Fsp3) is 0.308. The molecule has 0 saturated carbocycles. The van der Waals surface area contributed by atoms with Crippen molar-refractivity contribution in [2.45, 2.75) is 19.4 Å². The molecule has 1 aromatic heterocycles. The van der Waals surface area contributed by atoms with Crippen LogP contribution in [0.3, 0.4) is 0 Å². The molecule has 1 aromatic carbocycles. The second kappa shape index (κ2) is 4.22. The zero-order valence-electron chi connectivity index (χ0n) is 9.66. The minimum absolute atomic E-state index is 0.802. The number of aromatic nitrogens is 2. The lowest BCUT2D eigenvalue weighted by molar-refractivity contribution is 0.627. The lowest BCUT2D eigenvalue weighted by Gasteiger charge is -2.09. The Kier molecular flexibility index (Phi) is 2.57. The van der Waals surface area contributed by atoms with Crippen molar-refractivity contribution in [1.82, 2.24) is 15.3 Å². The number of hydrogen-bond donors (Lipinski definition) is 3. The average molecular weight is 228 g/mol. The highest BCUT2D eigenvalue weighted by atomic mass is 15.0. The molecular formula is C13H16N4. The zero-order valence-corrected chi connectivity index (χ0v) is 9.66. The van der Waals surface area contributed by atoms with Gasteiger partial charge in [-0.3, -0.25) is 0 Å². The Bertz CT molecular complexity index is 489. The van der Waals surface area contributed by atoms with Crippen LogP contribution in [-0.2, 0) is 19.4 Å². The number of anilines is 1. The summed E-state index contributed by atoms with van der Waals surface area (Å²) >= 11 is 0. The molecule has 0 radical (unpaired) electrons. The van der Waals surface area contributed by atoms with Crippen molar-refractivity contribution in [3.8, 4) is 0 Å². The monoisotopic (exact) mass is 228 g/mol. The Morgan fingerprint density at radius 1 is 1.24 bits per heavy atom. The van der Waals surface area contributed by atoms with Crippen LogP contribution >= 0.6 is 0 Å². The first-order valence-corrected chi connectivity index (χ1v) is 5.93. The molecule has 17 heavy (non-hydrogen) atoms. The third-order valence-electron chi connectivity index (χ3n) is 3.11. The molecular weight excluding hydrogens is 212 g/mol. The number of imidazole rings is 1. The maximum Gasteiger partial charge on any atom is 0.111 e. The number of aromatic amines is 1.